The molecule has 17 nitrogen and oxygen atoms in total. The van der Waals surface area contributed by atoms with Crippen molar-refractivity contribution in [3.05, 3.63) is 83.4 Å². The zero-order valence-electron chi connectivity index (χ0n) is 32.6. The number of ether oxygens (including phenoxy) is 1. The average molecular weight is 800 g/mol. The Bertz CT molecular complexity index is 2030. The zero-order chi connectivity index (χ0) is 42.1. The number of aromatic hydroxyl groups is 1. The second-order valence-electron chi connectivity index (χ2n) is 15.4. The molecule has 5 rings (SSSR count). The fourth-order valence-electron chi connectivity index (χ4n) is 7.42. The van der Waals surface area contributed by atoms with Gasteiger partial charge in [-0.05, 0) is 49.1 Å². The molecule has 1 fully saturated rings. The fraction of sp³-hybridized carbons (Fsp3) is 0.439. The van der Waals surface area contributed by atoms with Crippen LogP contribution in [0.25, 0.3) is 0 Å². The minimum atomic E-state index is -1.33. The predicted molar refractivity (Wildman–Crippen MR) is 206 cm³/mol. The van der Waals surface area contributed by atoms with Gasteiger partial charge in [-0.15, -0.1) is 0 Å². The van der Waals surface area contributed by atoms with Gasteiger partial charge in [-0.25, -0.2) is 4.98 Å². The number of Topliss-reactive ketones (excluding diaryl/α,β-unsaturated/α-hetero) is 2. The number of carbonyl (C=O) groups is 8. The third-order valence-electron chi connectivity index (χ3n) is 10.4. The highest BCUT2D eigenvalue weighted by atomic mass is 16.6. The van der Waals surface area contributed by atoms with Crippen LogP contribution >= 0.6 is 0 Å². The summed E-state index contributed by atoms with van der Waals surface area (Å²) in [7, 11) is 1.28. The van der Waals surface area contributed by atoms with E-state index in [2.05, 4.69) is 25.9 Å². The molecule has 308 valence electrons. The van der Waals surface area contributed by atoms with E-state index in [0.717, 1.165) is 11.1 Å². The number of carbonyl (C=O) groups excluding carboxylic acids is 8. The van der Waals surface area contributed by atoms with Crippen LogP contribution in [0.3, 0.4) is 0 Å². The average Bonchev–Trinajstić information content (AvgIpc) is 3.80. The highest BCUT2D eigenvalue weighted by Crippen LogP contribution is 2.32. The summed E-state index contributed by atoms with van der Waals surface area (Å²) in [5.74, 6) is -7.54. The molecular weight excluding hydrogens is 750 g/mol. The van der Waals surface area contributed by atoms with E-state index in [1.54, 1.807) is 26.0 Å². The number of esters is 1. The van der Waals surface area contributed by atoms with Crippen LogP contribution in [-0.2, 0) is 68.9 Å². The van der Waals surface area contributed by atoms with Gasteiger partial charge in [-0.3, -0.25) is 38.4 Å². The number of benzene rings is 2. The Morgan fingerprint density at radius 2 is 1.71 bits per heavy atom. The van der Waals surface area contributed by atoms with Gasteiger partial charge < -0.3 is 41.4 Å². The summed E-state index contributed by atoms with van der Waals surface area (Å²) >= 11 is 0. The maximum absolute atomic E-state index is 14.5. The number of hydrogen-bond acceptors (Lipinski definition) is 11. The molecule has 1 saturated heterocycles. The number of amides is 5. The second kappa shape index (κ2) is 18.7. The molecule has 1 unspecified atom stereocenters. The van der Waals surface area contributed by atoms with Crippen molar-refractivity contribution in [2.24, 2.45) is 17.6 Å². The van der Waals surface area contributed by atoms with E-state index in [1.165, 1.54) is 36.6 Å². The van der Waals surface area contributed by atoms with Crippen molar-refractivity contribution in [1.82, 2.24) is 30.8 Å². The fourth-order valence-corrected chi connectivity index (χ4v) is 7.42. The van der Waals surface area contributed by atoms with Gasteiger partial charge in [0, 0.05) is 70.4 Å². The highest BCUT2D eigenvalue weighted by molar-refractivity contribution is 6.36. The Kier molecular flexibility index (Phi) is 13.8. The topological polar surface area (TPSA) is 260 Å². The number of nitrogens with one attached hydrogen (secondary N) is 4. The number of hydrogen-bond donors (Lipinski definition) is 6. The summed E-state index contributed by atoms with van der Waals surface area (Å²) in [5, 5.41) is 17.6. The van der Waals surface area contributed by atoms with E-state index in [1.807, 2.05) is 24.3 Å². The van der Waals surface area contributed by atoms with Crippen LogP contribution < -0.4 is 21.7 Å². The first kappa shape index (κ1) is 42.7. The normalized spacial score (nSPS) is 18.5. The lowest BCUT2D eigenvalue weighted by Gasteiger charge is -2.37. The Labute approximate surface area is 334 Å². The van der Waals surface area contributed by atoms with Gasteiger partial charge in [0.2, 0.25) is 29.4 Å². The minimum Gasteiger partial charge on any atom is -0.508 e. The number of likely N-dealkylation sites (N-methyl/N-ethyl adjacent to an activating group) is 1. The second-order valence-corrected chi connectivity index (χ2v) is 15.4. The molecule has 2 aromatic carbocycles. The molecular formula is C41H49N7O10. The number of aromatic nitrogens is 2. The Morgan fingerprint density at radius 1 is 1.00 bits per heavy atom. The lowest BCUT2D eigenvalue weighted by Crippen LogP contribution is -2.58. The van der Waals surface area contributed by atoms with Gasteiger partial charge in [0.25, 0.3) is 5.91 Å². The van der Waals surface area contributed by atoms with Crippen LogP contribution in [0.5, 0.6) is 5.75 Å². The molecule has 7 N–H and O–H groups in total. The van der Waals surface area contributed by atoms with Crippen molar-refractivity contribution in [2.75, 3.05) is 7.05 Å². The van der Waals surface area contributed by atoms with Crippen molar-refractivity contribution in [1.29, 1.82) is 0 Å². The SMILES string of the molecule is CNC(=O)C(=O)CC[C@H](NC(=O)CC1CC(C)(C)OC1=O)C(=O)C[C@@H](Cc1cnc[nH]1)C(=O)N[C@@H](Cc1ccc(O)cc1)C(=O)N1Cc2ccccc2C[C@H]1C(N)=O. The van der Waals surface area contributed by atoms with Gasteiger partial charge in [-0.2, -0.15) is 0 Å². The molecule has 3 heterocycles. The molecule has 17 heteroatoms. The molecule has 0 radical (unpaired) electrons. The number of phenolic OH excluding ortho intramolecular Hbond substituents is 1. The van der Waals surface area contributed by atoms with E-state index in [0.29, 0.717) is 11.3 Å². The molecule has 0 saturated carbocycles. The molecule has 5 amide bonds. The van der Waals surface area contributed by atoms with Gasteiger partial charge in [-0.1, -0.05) is 36.4 Å². The first-order chi connectivity index (χ1) is 27.5. The number of primary amides is 1. The first-order valence-electron chi connectivity index (χ1n) is 19.1. The van der Waals surface area contributed by atoms with E-state index in [9.17, 15) is 43.5 Å². The van der Waals surface area contributed by atoms with E-state index in [-0.39, 0.29) is 50.8 Å². The lowest BCUT2D eigenvalue weighted by atomic mass is 9.90. The number of rotatable bonds is 18. The molecule has 1 aromatic heterocycles. The van der Waals surface area contributed by atoms with Gasteiger partial charge >= 0.3 is 5.97 Å². The molecule has 3 aromatic rings. The molecule has 58 heavy (non-hydrogen) atoms. The lowest BCUT2D eigenvalue weighted by molar-refractivity contribution is -0.149. The van der Waals surface area contributed by atoms with Crippen molar-refractivity contribution in [3.8, 4) is 5.75 Å². The number of fused-ring (bicyclic) bond motifs is 1. The van der Waals surface area contributed by atoms with Crippen molar-refractivity contribution >= 4 is 47.1 Å². The highest BCUT2D eigenvalue weighted by Gasteiger charge is 2.42. The maximum Gasteiger partial charge on any atom is 0.310 e. The number of nitrogens with zero attached hydrogens (tertiary/aromatic N) is 2. The number of aromatic amines is 1. The summed E-state index contributed by atoms with van der Waals surface area (Å²) in [6.07, 6.45) is 1.74. The number of nitrogens with two attached hydrogens (primary N) is 1. The molecule has 0 bridgehead atoms. The number of cyclic esters (lactones) is 1. The summed E-state index contributed by atoms with van der Waals surface area (Å²) < 4.78 is 5.34. The summed E-state index contributed by atoms with van der Waals surface area (Å²) in [6.45, 7) is 3.48. The monoisotopic (exact) mass is 799 g/mol. The van der Waals surface area contributed by atoms with Gasteiger partial charge in [0.1, 0.15) is 23.4 Å². The van der Waals surface area contributed by atoms with Crippen molar-refractivity contribution < 1.29 is 48.2 Å². The molecule has 2 aliphatic heterocycles. The van der Waals surface area contributed by atoms with E-state index in [4.69, 9.17) is 10.5 Å². The Balaban J connectivity index is 1.41. The predicted octanol–water partition coefficient (Wildman–Crippen LogP) is 0.711. The summed E-state index contributed by atoms with van der Waals surface area (Å²) in [5.41, 5.74) is 7.75. The van der Waals surface area contributed by atoms with Crippen LogP contribution in [0.15, 0.2) is 61.1 Å². The summed E-state index contributed by atoms with van der Waals surface area (Å²) in [4.78, 5) is 114. The zero-order valence-corrected chi connectivity index (χ0v) is 32.6. The number of phenols is 1. The van der Waals surface area contributed by atoms with Crippen LogP contribution in [0.4, 0.5) is 0 Å². The van der Waals surface area contributed by atoms with Crippen LogP contribution in [0.1, 0.15) is 68.3 Å². The van der Waals surface area contributed by atoms with Crippen LogP contribution in [0, 0.1) is 11.8 Å². The molecule has 0 spiro atoms. The van der Waals surface area contributed by atoms with Crippen LogP contribution in [-0.4, -0.2) is 97.8 Å². The van der Waals surface area contributed by atoms with E-state index < -0.39 is 95.5 Å². The summed E-state index contributed by atoms with van der Waals surface area (Å²) in [6, 6.07) is 9.76. The minimum absolute atomic E-state index is 0.0130. The third-order valence-corrected chi connectivity index (χ3v) is 10.4. The van der Waals surface area contributed by atoms with Crippen molar-refractivity contribution in [3.63, 3.8) is 0 Å². The molecule has 0 aliphatic carbocycles. The van der Waals surface area contributed by atoms with Gasteiger partial charge in [0.05, 0.1) is 24.2 Å². The van der Waals surface area contributed by atoms with Crippen LogP contribution in [0.2, 0.25) is 0 Å². The maximum atomic E-state index is 14.5. The molecule has 5 atom stereocenters. The smallest absolute Gasteiger partial charge is 0.310 e. The number of H-pyrrole nitrogens is 1. The van der Waals surface area contributed by atoms with E-state index >= 15 is 0 Å². The Hall–Kier alpha value is -6.39. The first-order valence-corrected chi connectivity index (χ1v) is 19.1. The number of imidazole rings is 1. The van der Waals surface area contributed by atoms with Gasteiger partial charge in [0.15, 0.2) is 5.78 Å². The Morgan fingerprint density at radius 3 is 2.33 bits per heavy atom. The largest absolute Gasteiger partial charge is 0.508 e. The third kappa shape index (κ3) is 11.1. The standard InChI is InChI=1S/C41H49N7O10/c1-41(2)19-27(40(57)58-41)18-35(52)46-30(12-13-33(50)38(55)43-3)34(51)17-26(15-28-20-44-22-45-28)37(54)47-31(14-23-8-10-29(49)11-9-23)39(56)48-21-25-7-5-4-6-24(25)16-32(48)36(42)53/h4-11,20,22,26-27,30-32,49H,12-19,21H2,1-3H3,(H2,42,53)(H,43,55)(H,44,45)(H,46,52)(H,47,54)/t26-,27?,30+,31+,32+/m1/s1. The quantitative estimate of drug-likeness (QED) is 0.0771. The molecule has 2 aliphatic rings. The van der Waals surface area contributed by atoms with Crippen molar-refractivity contribution in [2.45, 2.75) is 95.5 Å². The number of ketones is 2.